The zero-order valence-corrected chi connectivity index (χ0v) is 15.6. The van der Waals surface area contributed by atoms with Crippen molar-refractivity contribution in [1.82, 2.24) is 0 Å². The van der Waals surface area contributed by atoms with Crippen molar-refractivity contribution in [3.8, 4) is 23.7 Å². The van der Waals surface area contributed by atoms with E-state index in [-0.39, 0.29) is 11.6 Å². The number of furan rings is 1. The average molecular weight is 348 g/mol. The van der Waals surface area contributed by atoms with Crippen LogP contribution >= 0.6 is 0 Å². The summed E-state index contributed by atoms with van der Waals surface area (Å²) in [4.78, 5) is 22.5. The molecular formula is C23H24O3. The normalized spacial score (nSPS) is 8.88. The largest absolute Gasteiger partial charge is 0.460 e. The molecule has 3 heteroatoms. The second-order valence-electron chi connectivity index (χ2n) is 5.64. The van der Waals surface area contributed by atoms with Crippen LogP contribution in [0.2, 0.25) is 0 Å². The Kier molecular flexibility index (Phi) is 9.97. The van der Waals surface area contributed by atoms with E-state index < -0.39 is 0 Å². The Morgan fingerprint density at radius 2 is 1.73 bits per heavy atom. The van der Waals surface area contributed by atoms with Crippen LogP contribution in [-0.4, -0.2) is 11.6 Å². The van der Waals surface area contributed by atoms with Crippen LogP contribution in [0.25, 0.3) is 0 Å². The van der Waals surface area contributed by atoms with Crippen LogP contribution < -0.4 is 0 Å². The molecule has 0 bridgehead atoms. The molecular weight excluding hydrogens is 324 g/mol. The van der Waals surface area contributed by atoms with Gasteiger partial charge >= 0.3 is 0 Å². The van der Waals surface area contributed by atoms with E-state index in [1.807, 2.05) is 19.1 Å². The van der Waals surface area contributed by atoms with Gasteiger partial charge < -0.3 is 4.42 Å². The maximum atomic E-state index is 11.3. The molecule has 2 aromatic rings. The number of aryl methyl sites for hydroxylation is 1. The maximum absolute atomic E-state index is 11.3. The third-order valence-corrected chi connectivity index (χ3v) is 3.40. The fraction of sp³-hybridized carbons (Fsp3) is 0.304. The summed E-state index contributed by atoms with van der Waals surface area (Å²) in [6, 6.07) is 10.7. The number of hydrogen-bond acceptors (Lipinski definition) is 3. The van der Waals surface area contributed by atoms with Crippen molar-refractivity contribution in [1.29, 1.82) is 0 Å². The lowest BCUT2D eigenvalue weighted by atomic mass is 10.1. The van der Waals surface area contributed by atoms with Crippen LogP contribution in [0.4, 0.5) is 0 Å². The van der Waals surface area contributed by atoms with Crippen molar-refractivity contribution in [3.05, 3.63) is 59.5 Å². The minimum Gasteiger partial charge on any atom is -0.460 e. The van der Waals surface area contributed by atoms with Gasteiger partial charge in [-0.1, -0.05) is 61.4 Å². The van der Waals surface area contributed by atoms with Crippen LogP contribution in [0.5, 0.6) is 0 Å². The summed E-state index contributed by atoms with van der Waals surface area (Å²) in [6.45, 7) is 5.78. The first kappa shape index (κ1) is 21.0. The molecule has 0 N–H and O–H groups in total. The molecule has 3 nitrogen and oxygen atoms in total. The molecule has 1 aromatic carbocycles. The Morgan fingerprint density at radius 1 is 1.00 bits per heavy atom. The van der Waals surface area contributed by atoms with E-state index in [9.17, 15) is 9.59 Å². The Morgan fingerprint density at radius 3 is 2.31 bits per heavy atom. The van der Waals surface area contributed by atoms with Crippen molar-refractivity contribution in [2.24, 2.45) is 0 Å². The third kappa shape index (κ3) is 8.18. The van der Waals surface area contributed by atoms with E-state index in [1.165, 1.54) is 19.1 Å². The minimum absolute atomic E-state index is 0.113. The number of carbonyl (C=O) groups excluding carboxylic acids is 2. The van der Waals surface area contributed by atoms with Gasteiger partial charge in [0.05, 0.1) is 6.26 Å². The van der Waals surface area contributed by atoms with Crippen LogP contribution in [0.15, 0.2) is 47.1 Å². The lowest BCUT2D eigenvalue weighted by Crippen LogP contribution is -1.93. The van der Waals surface area contributed by atoms with Gasteiger partial charge in [-0.15, -0.1) is 0 Å². The van der Waals surface area contributed by atoms with E-state index in [2.05, 4.69) is 30.6 Å². The van der Waals surface area contributed by atoms with Crippen molar-refractivity contribution in [2.75, 3.05) is 0 Å². The molecule has 0 saturated carbocycles. The summed E-state index contributed by atoms with van der Waals surface area (Å²) < 4.78 is 4.92. The highest BCUT2D eigenvalue weighted by molar-refractivity contribution is 6.09. The Bertz CT molecular complexity index is 804. The maximum Gasteiger partial charge on any atom is 0.271 e. The lowest BCUT2D eigenvalue weighted by molar-refractivity contribution is 0.102. The number of unbranched alkanes of at least 4 members (excludes halogenated alkanes) is 3. The zero-order valence-electron chi connectivity index (χ0n) is 15.6. The van der Waals surface area contributed by atoms with E-state index >= 15 is 0 Å². The van der Waals surface area contributed by atoms with Crippen LogP contribution in [-0.2, 0) is 0 Å². The van der Waals surface area contributed by atoms with Gasteiger partial charge in [-0.2, -0.15) is 0 Å². The van der Waals surface area contributed by atoms with Gasteiger partial charge in [0.25, 0.3) is 5.78 Å². The summed E-state index contributed by atoms with van der Waals surface area (Å²) in [6.07, 6.45) is 5.68. The number of benzene rings is 1. The smallest absolute Gasteiger partial charge is 0.271 e. The molecule has 0 saturated heterocycles. The standard InChI is InChI=1S/C12H14O2.C11H10O/c1-2-3-4-5-6-8-11(13)12-9-7-10-14-12;1-3-4-11(12)10-7-5-9(2)6-8-10/h7,9-10H,2-5H2,1H3;5-8H,1-2H3. The second-order valence-corrected chi connectivity index (χ2v) is 5.64. The SMILES string of the molecule is CC#CC(=O)c1ccc(C)cc1.CCCCCC#CC(=O)c1ccco1. The summed E-state index contributed by atoms with van der Waals surface area (Å²) >= 11 is 0. The zero-order chi connectivity index (χ0) is 19.2. The molecule has 0 radical (unpaired) electrons. The van der Waals surface area contributed by atoms with E-state index in [0.29, 0.717) is 11.3 Å². The van der Waals surface area contributed by atoms with E-state index in [0.717, 1.165) is 18.4 Å². The predicted molar refractivity (Wildman–Crippen MR) is 104 cm³/mol. The fourth-order valence-electron chi connectivity index (χ4n) is 1.97. The molecule has 0 unspecified atom stereocenters. The second kappa shape index (κ2) is 12.3. The molecule has 2 rings (SSSR count). The van der Waals surface area contributed by atoms with Crippen molar-refractivity contribution in [3.63, 3.8) is 0 Å². The third-order valence-electron chi connectivity index (χ3n) is 3.40. The number of Topliss-reactive ketones (excluding diaryl/α,β-unsaturated/α-hetero) is 2. The lowest BCUT2D eigenvalue weighted by Gasteiger charge is -1.93. The predicted octanol–water partition coefficient (Wildman–Crippen LogP) is 5.25. The minimum atomic E-state index is -0.230. The molecule has 0 spiro atoms. The highest BCUT2D eigenvalue weighted by Crippen LogP contribution is 2.03. The van der Waals surface area contributed by atoms with Gasteiger partial charge in [-0.25, -0.2) is 0 Å². The van der Waals surface area contributed by atoms with Gasteiger partial charge in [-0.3, -0.25) is 9.59 Å². The molecule has 0 aliphatic rings. The molecule has 0 aliphatic carbocycles. The van der Waals surface area contributed by atoms with E-state index in [1.54, 1.807) is 31.2 Å². The highest BCUT2D eigenvalue weighted by Gasteiger charge is 2.03. The van der Waals surface area contributed by atoms with Crippen LogP contribution in [0.3, 0.4) is 0 Å². The molecule has 134 valence electrons. The van der Waals surface area contributed by atoms with Gasteiger partial charge in [-0.05, 0) is 44.2 Å². The van der Waals surface area contributed by atoms with Crippen LogP contribution in [0.1, 0.15) is 66.0 Å². The van der Waals surface area contributed by atoms with E-state index in [4.69, 9.17) is 4.42 Å². The molecule has 1 heterocycles. The first-order chi connectivity index (χ1) is 12.6. The Hall–Kier alpha value is -3.04. The monoisotopic (exact) mass is 348 g/mol. The molecule has 1 aromatic heterocycles. The molecule has 26 heavy (non-hydrogen) atoms. The van der Waals surface area contributed by atoms with Gasteiger partial charge in [0.2, 0.25) is 5.78 Å². The summed E-state index contributed by atoms with van der Waals surface area (Å²) in [5.74, 6) is 10.5. The number of carbonyl (C=O) groups is 2. The van der Waals surface area contributed by atoms with Crippen molar-refractivity contribution < 1.29 is 14.0 Å². The Balaban J connectivity index is 0.000000263. The summed E-state index contributed by atoms with van der Waals surface area (Å²) in [5.41, 5.74) is 1.81. The molecule has 0 aliphatic heterocycles. The topological polar surface area (TPSA) is 47.3 Å². The van der Waals surface area contributed by atoms with Crippen molar-refractivity contribution in [2.45, 2.75) is 46.5 Å². The number of ketones is 2. The quantitative estimate of drug-likeness (QED) is 0.321. The fourth-order valence-corrected chi connectivity index (χ4v) is 1.97. The van der Waals surface area contributed by atoms with Crippen molar-refractivity contribution >= 4 is 11.6 Å². The summed E-state index contributed by atoms with van der Waals surface area (Å²) in [5, 5.41) is 0. The first-order valence-electron chi connectivity index (χ1n) is 8.69. The number of rotatable bonds is 5. The van der Waals surface area contributed by atoms with Gasteiger partial charge in [0, 0.05) is 12.0 Å². The number of hydrogen-bond donors (Lipinski definition) is 0. The van der Waals surface area contributed by atoms with Gasteiger partial charge in [0.15, 0.2) is 5.76 Å². The van der Waals surface area contributed by atoms with Crippen LogP contribution in [0, 0.1) is 30.6 Å². The average Bonchev–Trinajstić information content (AvgIpc) is 3.17. The first-order valence-corrected chi connectivity index (χ1v) is 8.69. The molecule has 0 fully saturated rings. The Labute approximate surface area is 155 Å². The molecule has 0 amide bonds. The summed E-state index contributed by atoms with van der Waals surface area (Å²) in [7, 11) is 0. The highest BCUT2D eigenvalue weighted by atomic mass is 16.3. The van der Waals surface area contributed by atoms with Gasteiger partial charge in [0.1, 0.15) is 0 Å². The molecule has 0 atom stereocenters.